The van der Waals surface area contributed by atoms with Gasteiger partial charge in [0.15, 0.2) is 11.5 Å². The molecule has 162 valence electrons. The molecule has 0 radical (unpaired) electrons. The molecule has 1 aliphatic heterocycles. The second-order valence-electron chi connectivity index (χ2n) is 6.72. The summed E-state index contributed by atoms with van der Waals surface area (Å²) in [6, 6.07) is 16.4. The van der Waals surface area contributed by atoms with Crippen LogP contribution in [-0.2, 0) is 10.0 Å². The lowest BCUT2D eigenvalue weighted by Gasteiger charge is -2.21. The molecule has 11 heteroatoms. The summed E-state index contributed by atoms with van der Waals surface area (Å²) in [4.78, 5) is 8.70. The van der Waals surface area contributed by atoms with Crippen LogP contribution in [0.2, 0.25) is 10.0 Å². The van der Waals surface area contributed by atoms with Crippen molar-refractivity contribution in [2.45, 2.75) is 4.90 Å². The number of halogens is 2. The van der Waals surface area contributed by atoms with Crippen LogP contribution in [0.4, 0.5) is 17.3 Å². The second-order valence-corrected chi connectivity index (χ2v) is 9.13. The van der Waals surface area contributed by atoms with Crippen molar-refractivity contribution in [3.05, 3.63) is 75.4 Å². The highest BCUT2D eigenvalue weighted by atomic mass is 35.5. The van der Waals surface area contributed by atoms with Crippen LogP contribution in [0.15, 0.2) is 65.6 Å². The number of nitrogens with one attached hydrogen (secondary N) is 1. The Morgan fingerprint density at radius 3 is 2.47 bits per heavy atom. The number of nitrogens with zero attached hydrogens (tertiary/aromatic N) is 3. The van der Waals surface area contributed by atoms with Crippen LogP contribution in [-0.4, -0.2) is 25.2 Å². The van der Waals surface area contributed by atoms with Gasteiger partial charge in [-0.3, -0.25) is 0 Å². The van der Waals surface area contributed by atoms with Crippen molar-refractivity contribution in [1.82, 2.24) is 9.97 Å². The molecule has 0 bridgehead atoms. The summed E-state index contributed by atoms with van der Waals surface area (Å²) < 4.78 is 40.7. The third kappa shape index (κ3) is 3.97. The van der Waals surface area contributed by atoms with Gasteiger partial charge in [0.25, 0.3) is 0 Å². The molecule has 1 aliphatic rings. The van der Waals surface area contributed by atoms with E-state index in [0.29, 0.717) is 28.2 Å². The number of hydrogen-bond acceptors (Lipinski definition) is 7. The summed E-state index contributed by atoms with van der Waals surface area (Å²) in [5.41, 5.74) is 1.64. The van der Waals surface area contributed by atoms with Crippen molar-refractivity contribution in [2.75, 3.05) is 12.1 Å². The smallest absolute Gasteiger partial charge is 0.231 e. The molecule has 0 fully saturated rings. The van der Waals surface area contributed by atoms with Crippen LogP contribution in [0, 0.1) is 0 Å². The highest BCUT2D eigenvalue weighted by molar-refractivity contribution is 7.94. The molecule has 2 heterocycles. The van der Waals surface area contributed by atoms with E-state index < -0.39 is 10.0 Å². The quantitative estimate of drug-likeness (QED) is 0.378. The Kier molecular flexibility index (Phi) is 5.16. The van der Waals surface area contributed by atoms with E-state index in [1.165, 1.54) is 18.2 Å². The van der Waals surface area contributed by atoms with Gasteiger partial charge in [-0.25, -0.2) is 13.4 Å². The van der Waals surface area contributed by atoms with Crippen LogP contribution >= 0.6 is 23.2 Å². The van der Waals surface area contributed by atoms with Gasteiger partial charge in [0, 0.05) is 16.8 Å². The van der Waals surface area contributed by atoms with E-state index in [0.717, 1.165) is 0 Å². The van der Waals surface area contributed by atoms with Crippen molar-refractivity contribution >= 4 is 61.6 Å². The Balaban J connectivity index is 1.57. The molecule has 4 aromatic rings. The molecule has 3 aromatic carbocycles. The molecule has 0 amide bonds. The molecule has 0 saturated carbocycles. The second kappa shape index (κ2) is 8.01. The lowest BCUT2D eigenvalue weighted by Crippen LogP contribution is -2.03. The highest BCUT2D eigenvalue weighted by Gasteiger charge is 2.18. The molecular formula is C21H13Cl2N4O4S-. The molecule has 0 spiro atoms. The third-order valence-corrected chi connectivity index (χ3v) is 6.55. The monoisotopic (exact) mass is 487 g/mol. The Hall–Kier alpha value is -3.27. The van der Waals surface area contributed by atoms with Gasteiger partial charge in [0.1, 0.15) is 5.82 Å². The first-order valence-corrected chi connectivity index (χ1v) is 11.5. The molecule has 1 aromatic heterocycles. The first-order valence-electron chi connectivity index (χ1n) is 9.26. The maximum absolute atomic E-state index is 13.0. The van der Waals surface area contributed by atoms with Crippen molar-refractivity contribution < 1.29 is 17.9 Å². The number of anilines is 2. The predicted octanol–water partition coefficient (Wildman–Crippen LogP) is 5.80. The summed E-state index contributed by atoms with van der Waals surface area (Å²) in [5.74, 6) is 1.19. The van der Waals surface area contributed by atoms with E-state index in [-0.39, 0.29) is 33.4 Å². The zero-order valence-electron chi connectivity index (χ0n) is 16.1. The lowest BCUT2D eigenvalue weighted by atomic mass is 10.2. The number of hydrogen-bond donors (Lipinski definition) is 1. The molecule has 5 rings (SSSR count). The summed E-state index contributed by atoms with van der Waals surface area (Å²) in [7, 11) is -4.24. The zero-order valence-corrected chi connectivity index (χ0v) is 18.4. The van der Waals surface area contributed by atoms with Gasteiger partial charge in [0.2, 0.25) is 16.8 Å². The average Bonchev–Trinajstić information content (AvgIpc) is 3.23. The van der Waals surface area contributed by atoms with E-state index in [2.05, 4.69) is 20.0 Å². The molecule has 32 heavy (non-hydrogen) atoms. The summed E-state index contributed by atoms with van der Waals surface area (Å²) in [6.45, 7) is 0.133. The van der Waals surface area contributed by atoms with E-state index in [1.807, 2.05) is 0 Å². The minimum Gasteiger partial charge on any atom is -0.454 e. The van der Waals surface area contributed by atoms with Crippen LogP contribution in [0.1, 0.15) is 0 Å². The SMILES string of the molecule is O=S(=O)([N-]c1nc2ccccc2nc1Nc1ccc2c(c1)OCO2)c1cc(Cl)ccc1Cl. The predicted molar refractivity (Wildman–Crippen MR) is 122 cm³/mol. The number of sulfonamides is 1. The largest absolute Gasteiger partial charge is 0.454 e. The number of rotatable bonds is 5. The number of ether oxygens (including phenoxy) is 2. The number of aromatic nitrogens is 2. The number of fused-ring (bicyclic) bond motifs is 2. The minimum absolute atomic E-state index is 0.00261. The maximum Gasteiger partial charge on any atom is 0.231 e. The molecule has 0 aliphatic carbocycles. The molecule has 8 nitrogen and oxygen atoms in total. The third-order valence-electron chi connectivity index (χ3n) is 4.57. The number of benzene rings is 3. The molecular weight excluding hydrogens is 475 g/mol. The molecule has 0 unspecified atom stereocenters. The van der Waals surface area contributed by atoms with Crippen LogP contribution in [0.3, 0.4) is 0 Å². The van der Waals surface area contributed by atoms with Gasteiger partial charge < -0.3 is 24.5 Å². The molecule has 0 atom stereocenters. The zero-order chi connectivity index (χ0) is 22.3. The van der Waals surface area contributed by atoms with Crippen molar-refractivity contribution in [3.63, 3.8) is 0 Å². The van der Waals surface area contributed by atoms with Crippen molar-refractivity contribution in [3.8, 4) is 11.5 Å². The standard InChI is InChI=1S/C21H13Cl2N4O4S/c22-12-5-7-14(23)19(9-12)32(28,29)27-21-20(25-15-3-1-2-4-16(15)26-21)24-13-6-8-17-18(10-13)31-11-30-17/h1-10H,11H2,(H-,24,25,26,27)/q-1. The fourth-order valence-electron chi connectivity index (χ4n) is 3.09. The Morgan fingerprint density at radius 2 is 1.66 bits per heavy atom. The van der Waals surface area contributed by atoms with Crippen LogP contribution in [0.25, 0.3) is 15.8 Å². The average molecular weight is 488 g/mol. The van der Waals surface area contributed by atoms with Gasteiger partial charge in [-0.05, 0) is 47.7 Å². The summed E-state index contributed by atoms with van der Waals surface area (Å²) in [6.07, 6.45) is 0. The Morgan fingerprint density at radius 1 is 0.906 bits per heavy atom. The van der Waals surface area contributed by atoms with E-state index in [4.69, 9.17) is 32.7 Å². The highest BCUT2D eigenvalue weighted by Crippen LogP contribution is 2.39. The van der Waals surface area contributed by atoms with E-state index in [1.54, 1.807) is 42.5 Å². The van der Waals surface area contributed by atoms with Crippen LogP contribution < -0.4 is 14.8 Å². The summed E-state index contributed by atoms with van der Waals surface area (Å²) in [5, 5.41) is 3.28. The minimum atomic E-state index is -4.24. The fourth-order valence-corrected chi connectivity index (χ4v) is 4.78. The fraction of sp³-hybridized carbons (Fsp3) is 0.0476. The Labute approximate surface area is 193 Å². The topological polar surface area (TPSA) is 105 Å². The lowest BCUT2D eigenvalue weighted by molar-refractivity contribution is 0.174. The molecule has 1 N–H and O–H groups in total. The normalized spacial score (nSPS) is 12.7. The Bertz CT molecular complexity index is 1460. The number of para-hydroxylation sites is 2. The van der Waals surface area contributed by atoms with Gasteiger partial charge >= 0.3 is 0 Å². The van der Waals surface area contributed by atoms with Gasteiger partial charge in [-0.2, -0.15) is 0 Å². The molecule has 0 saturated heterocycles. The van der Waals surface area contributed by atoms with Crippen molar-refractivity contribution in [1.29, 1.82) is 0 Å². The van der Waals surface area contributed by atoms with Crippen molar-refractivity contribution in [2.24, 2.45) is 0 Å². The van der Waals surface area contributed by atoms with E-state index in [9.17, 15) is 8.42 Å². The van der Waals surface area contributed by atoms with Crippen LogP contribution in [0.5, 0.6) is 11.5 Å². The first kappa shape index (κ1) is 20.6. The summed E-state index contributed by atoms with van der Waals surface area (Å²) >= 11 is 12.1. The van der Waals surface area contributed by atoms with Gasteiger partial charge in [0.05, 0.1) is 15.4 Å². The first-order chi connectivity index (χ1) is 15.4. The van der Waals surface area contributed by atoms with E-state index >= 15 is 0 Å². The van der Waals surface area contributed by atoms with Gasteiger partial charge in [-0.1, -0.05) is 41.4 Å². The maximum atomic E-state index is 13.0. The van der Waals surface area contributed by atoms with Gasteiger partial charge in [-0.15, -0.1) is 0 Å².